The molecule has 25 heavy (non-hydrogen) atoms. The van der Waals surface area contributed by atoms with Crippen LogP contribution in [-0.4, -0.2) is 29.9 Å². The van der Waals surface area contributed by atoms with Crippen molar-refractivity contribution >= 4 is 37.3 Å². The summed E-state index contributed by atoms with van der Waals surface area (Å²) in [5.41, 5.74) is 3.19. The first kappa shape index (κ1) is 17.1. The molecule has 0 aliphatic rings. The van der Waals surface area contributed by atoms with E-state index < -0.39 is 7.12 Å². The van der Waals surface area contributed by atoms with Gasteiger partial charge in [-0.1, -0.05) is 30.3 Å². The first-order valence-electron chi connectivity index (χ1n) is 7.84. The van der Waals surface area contributed by atoms with E-state index in [1.165, 1.54) is 0 Å². The number of para-hydroxylation sites is 1. The lowest BCUT2D eigenvalue weighted by molar-refractivity contribution is 0.426. The molecular weight excluding hydrogens is 316 g/mol. The summed E-state index contributed by atoms with van der Waals surface area (Å²) in [5.74, 6) is 0.581. The fourth-order valence-electron chi connectivity index (χ4n) is 2.59. The minimum absolute atomic E-state index is 0.368. The Balaban J connectivity index is 2.01. The van der Waals surface area contributed by atoms with Gasteiger partial charge >= 0.3 is 14.8 Å². The fraction of sp³-hybridized carbons (Fsp3) is 0. The maximum Gasteiger partial charge on any atom is 0.504 e. The van der Waals surface area contributed by atoms with E-state index in [1.807, 2.05) is 59.5 Å². The molecule has 3 aromatic rings. The summed E-state index contributed by atoms with van der Waals surface area (Å²) in [4.78, 5) is 2.04. The molecule has 0 saturated heterocycles. The number of hydrogen-bond donors (Lipinski definition) is 3. The van der Waals surface area contributed by atoms with Crippen LogP contribution in [0.25, 0.3) is 0 Å². The summed E-state index contributed by atoms with van der Waals surface area (Å²) in [6.07, 6.45) is 0. The summed E-state index contributed by atoms with van der Waals surface area (Å²) >= 11 is 0. The van der Waals surface area contributed by atoms with Gasteiger partial charge in [0.1, 0.15) is 5.75 Å². The molecule has 0 aliphatic carbocycles. The molecule has 0 bridgehead atoms. The lowest BCUT2D eigenvalue weighted by Gasteiger charge is -2.25. The van der Waals surface area contributed by atoms with E-state index in [1.54, 1.807) is 24.3 Å². The van der Waals surface area contributed by atoms with Gasteiger partial charge < -0.3 is 24.6 Å². The molecule has 0 unspecified atom stereocenters. The largest absolute Gasteiger partial charge is 0.539 e. The molecule has 3 aromatic carbocycles. The van der Waals surface area contributed by atoms with Gasteiger partial charge in [0.25, 0.3) is 0 Å². The smallest absolute Gasteiger partial charge is 0.504 e. The third-order valence-electron chi connectivity index (χ3n) is 3.79. The SMILES string of the molecule is OBOc1ccc(N(c2ccccc2)c2ccc(B(O)O)cc2)cc1. The first-order valence-corrected chi connectivity index (χ1v) is 7.84. The van der Waals surface area contributed by atoms with E-state index in [4.69, 9.17) is 9.68 Å². The number of benzene rings is 3. The predicted molar refractivity (Wildman–Crippen MR) is 101 cm³/mol. The predicted octanol–water partition coefficient (Wildman–Crippen LogP) is 1.47. The minimum atomic E-state index is -1.49. The van der Waals surface area contributed by atoms with Crippen LogP contribution in [0.5, 0.6) is 5.75 Å². The second kappa shape index (κ2) is 7.90. The lowest BCUT2D eigenvalue weighted by atomic mass is 9.80. The second-order valence-corrected chi connectivity index (χ2v) is 5.40. The average Bonchev–Trinajstić information content (AvgIpc) is 2.65. The number of anilines is 3. The van der Waals surface area contributed by atoms with Crippen LogP contribution in [0.1, 0.15) is 0 Å². The molecule has 0 heterocycles. The van der Waals surface area contributed by atoms with Gasteiger partial charge in [-0.05, 0) is 54.0 Å². The highest BCUT2D eigenvalue weighted by molar-refractivity contribution is 6.58. The number of nitrogens with zero attached hydrogens (tertiary/aromatic N) is 1. The average molecular weight is 333 g/mol. The lowest BCUT2D eigenvalue weighted by Crippen LogP contribution is -2.29. The van der Waals surface area contributed by atoms with Crippen molar-refractivity contribution in [2.45, 2.75) is 0 Å². The molecule has 0 amide bonds. The Bertz CT molecular complexity index is 796. The summed E-state index contributed by atoms with van der Waals surface area (Å²) in [7, 11) is -1.86. The Morgan fingerprint density at radius 1 is 0.720 bits per heavy atom. The molecule has 3 N–H and O–H groups in total. The normalized spacial score (nSPS) is 10.2. The first-order chi connectivity index (χ1) is 12.2. The standard InChI is InChI=1S/C18H17B2NO4/c22-19-25-18-12-10-17(11-13-18)21(15-4-2-1-3-5-15)16-8-6-14(7-9-16)20(23)24/h1-13,19,22-24H. The molecule has 0 aliphatic heterocycles. The van der Waals surface area contributed by atoms with Crippen LogP contribution in [-0.2, 0) is 0 Å². The van der Waals surface area contributed by atoms with Crippen molar-refractivity contribution in [3.8, 4) is 5.75 Å². The van der Waals surface area contributed by atoms with Crippen LogP contribution in [0.15, 0.2) is 78.9 Å². The molecule has 124 valence electrons. The topological polar surface area (TPSA) is 73.2 Å². The van der Waals surface area contributed by atoms with Crippen molar-refractivity contribution in [1.82, 2.24) is 0 Å². The van der Waals surface area contributed by atoms with Gasteiger partial charge in [0.2, 0.25) is 0 Å². The van der Waals surface area contributed by atoms with E-state index in [0.29, 0.717) is 11.2 Å². The van der Waals surface area contributed by atoms with Crippen molar-refractivity contribution < 1.29 is 19.7 Å². The van der Waals surface area contributed by atoms with Crippen molar-refractivity contribution in [3.05, 3.63) is 78.9 Å². The molecule has 0 spiro atoms. The molecule has 0 saturated carbocycles. The number of hydrogen-bond acceptors (Lipinski definition) is 5. The highest BCUT2D eigenvalue weighted by Gasteiger charge is 2.15. The number of rotatable bonds is 6. The van der Waals surface area contributed by atoms with E-state index in [9.17, 15) is 10.0 Å². The van der Waals surface area contributed by atoms with Gasteiger partial charge in [-0.2, -0.15) is 0 Å². The van der Waals surface area contributed by atoms with Gasteiger partial charge in [0, 0.05) is 17.1 Å². The minimum Gasteiger partial charge on any atom is -0.539 e. The zero-order valence-corrected chi connectivity index (χ0v) is 13.5. The summed E-state index contributed by atoms with van der Waals surface area (Å²) in [6, 6.07) is 24.2. The van der Waals surface area contributed by atoms with Gasteiger partial charge in [0.05, 0.1) is 0 Å². The Morgan fingerprint density at radius 3 is 1.76 bits per heavy atom. The fourth-order valence-corrected chi connectivity index (χ4v) is 2.59. The molecule has 0 aromatic heterocycles. The maximum atomic E-state index is 9.28. The van der Waals surface area contributed by atoms with E-state index in [0.717, 1.165) is 17.1 Å². The second-order valence-electron chi connectivity index (χ2n) is 5.40. The Labute approximate surface area is 147 Å². The molecule has 5 nitrogen and oxygen atoms in total. The van der Waals surface area contributed by atoms with E-state index >= 15 is 0 Å². The van der Waals surface area contributed by atoms with Crippen LogP contribution in [0.3, 0.4) is 0 Å². The monoisotopic (exact) mass is 333 g/mol. The van der Waals surface area contributed by atoms with Gasteiger partial charge in [-0.3, -0.25) is 0 Å². The molecule has 0 fully saturated rings. The van der Waals surface area contributed by atoms with Crippen LogP contribution >= 0.6 is 0 Å². The Kier molecular flexibility index (Phi) is 5.40. The maximum absolute atomic E-state index is 9.28. The molecular formula is C18H17B2NO4. The quantitative estimate of drug-likeness (QED) is 0.596. The zero-order chi connectivity index (χ0) is 17.6. The summed E-state index contributed by atoms with van der Waals surface area (Å²) in [5, 5.41) is 27.4. The Hall–Kier alpha value is -2.73. The van der Waals surface area contributed by atoms with Crippen LogP contribution < -0.4 is 15.0 Å². The van der Waals surface area contributed by atoms with Crippen molar-refractivity contribution in [2.24, 2.45) is 0 Å². The van der Waals surface area contributed by atoms with Gasteiger partial charge in [0.15, 0.2) is 0 Å². The molecule has 0 atom stereocenters. The van der Waals surface area contributed by atoms with Crippen LogP contribution in [0.4, 0.5) is 17.1 Å². The van der Waals surface area contributed by atoms with Crippen molar-refractivity contribution in [2.75, 3.05) is 4.90 Å². The molecule has 0 radical (unpaired) electrons. The third-order valence-corrected chi connectivity index (χ3v) is 3.79. The van der Waals surface area contributed by atoms with Crippen LogP contribution in [0.2, 0.25) is 0 Å². The molecule has 3 rings (SSSR count). The van der Waals surface area contributed by atoms with Crippen LogP contribution in [0, 0.1) is 0 Å². The van der Waals surface area contributed by atoms with E-state index in [2.05, 4.69) is 0 Å². The summed E-state index contributed by atoms with van der Waals surface area (Å²) < 4.78 is 5.08. The third kappa shape index (κ3) is 4.03. The van der Waals surface area contributed by atoms with Gasteiger partial charge in [-0.25, -0.2) is 0 Å². The highest BCUT2D eigenvalue weighted by Crippen LogP contribution is 2.34. The zero-order valence-electron chi connectivity index (χ0n) is 13.5. The van der Waals surface area contributed by atoms with Gasteiger partial charge in [-0.15, -0.1) is 0 Å². The highest BCUT2D eigenvalue weighted by atomic mass is 16.5. The van der Waals surface area contributed by atoms with Crippen molar-refractivity contribution in [3.63, 3.8) is 0 Å². The van der Waals surface area contributed by atoms with Crippen molar-refractivity contribution in [1.29, 1.82) is 0 Å². The Morgan fingerprint density at radius 2 is 1.24 bits per heavy atom. The van der Waals surface area contributed by atoms with E-state index in [-0.39, 0.29) is 7.69 Å². The molecule has 7 heteroatoms. The summed E-state index contributed by atoms with van der Waals surface area (Å²) in [6.45, 7) is 0.